The van der Waals surface area contributed by atoms with Crippen molar-refractivity contribution in [2.75, 3.05) is 19.6 Å². The van der Waals surface area contributed by atoms with E-state index in [0.717, 1.165) is 25.7 Å². The van der Waals surface area contributed by atoms with E-state index in [1.54, 1.807) is 0 Å². The maximum Gasteiger partial charge on any atom is 0.435 e. The van der Waals surface area contributed by atoms with Crippen LogP contribution in [-0.2, 0) is 12.7 Å². The van der Waals surface area contributed by atoms with E-state index in [1.165, 1.54) is 0 Å². The van der Waals surface area contributed by atoms with Crippen LogP contribution in [0.1, 0.15) is 18.3 Å². The van der Waals surface area contributed by atoms with E-state index < -0.39 is 11.9 Å². The standard InChI is InChI=1S/C10H15F3N4/c1-7-5-17(3-2-14-7)6-8-4-9(16-15-8)10(11,12)13/h4,7,14H,2-3,5-6H2,1H3,(H,15,16)/t7-/m0/s1. The van der Waals surface area contributed by atoms with Gasteiger partial charge in [0.05, 0.1) is 0 Å². The van der Waals surface area contributed by atoms with E-state index in [9.17, 15) is 13.2 Å². The lowest BCUT2D eigenvalue weighted by molar-refractivity contribution is -0.141. The van der Waals surface area contributed by atoms with Crippen LogP contribution in [0.2, 0.25) is 0 Å². The third kappa shape index (κ3) is 3.19. The molecule has 1 saturated heterocycles. The largest absolute Gasteiger partial charge is 0.435 e. The van der Waals surface area contributed by atoms with Crippen molar-refractivity contribution in [3.63, 3.8) is 0 Å². The van der Waals surface area contributed by atoms with Crippen molar-refractivity contribution in [3.05, 3.63) is 17.5 Å². The Kier molecular flexibility index (Phi) is 3.39. The Morgan fingerprint density at radius 3 is 2.88 bits per heavy atom. The zero-order valence-corrected chi connectivity index (χ0v) is 9.51. The number of H-pyrrole nitrogens is 1. The normalized spacial score (nSPS) is 22.9. The smallest absolute Gasteiger partial charge is 0.312 e. The first kappa shape index (κ1) is 12.4. The number of piperazine rings is 1. The van der Waals surface area contributed by atoms with Gasteiger partial charge in [-0.15, -0.1) is 0 Å². The van der Waals surface area contributed by atoms with Crippen molar-refractivity contribution in [1.82, 2.24) is 20.4 Å². The minimum Gasteiger partial charge on any atom is -0.312 e. The minimum atomic E-state index is -4.37. The lowest BCUT2D eigenvalue weighted by Crippen LogP contribution is -2.48. The number of nitrogens with zero attached hydrogens (tertiary/aromatic N) is 2. The molecule has 1 atom stereocenters. The third-order valence-electron chi connectivity index (χ3n) is 2.77. The number of halogens is 3. The molecule has 0 amide bonds. The summed E-state index contributed by atoms with van der Waals surface area (Å²) >= 11 is 0. The molecule has 2 N–H and O–H groups in total. The number of hydrogen-bond donors (Lipinski definition) is 2. The van der Waals surface area contributed by atoms with Gasteiger partial charge in [-0.25, -0.2) is 0 Å². The lowest BCUT2D eigenvalue weighted by atomic mass is 10.2. The SMILES string of the molecule is C[C@H]1CN(Cc2cc(C(F)(F)F)n[nH]2)CCN1. The molecule has 1 fully saturated rings. The van der Waals surface area contributed by atoms with Gasteiger partial charge >= 0.3 is 6.18 Å². The second-order valence-electron chi connectivity index (χ2n) is 4.37. The molecule has 4 nitrogen and oxygen atoms in total. The van der Waals surface area contributed by atoms with Gasteiger partial charge in [0.2, 0.25) is 0 Å². The van der Waals surface area contributed by atoms with E-state index in [-0.39, 0.29) is 0 Å². The van der Waals surface area contributed by atoms with Crippen molar-refractivity contribution in [3.8, 4) is 0 Å². The summed E-state index contributed by atoms with van der Waals surface area (Å²) in [6.07, 6.45) is -4.37. The molecule has 1 aliphatic rings. The maximum atomic E-state index is 12.3. The average Bonchev–Trinajstić information content (AvgIpc) is 2.65. The summed E-state index contributed by atoms with van der Waals surface area (Å²) in [6.45, 7) is 5.07. The highest BCUT2D eigenvalue weighted by Crippen LogP contribution is 2.27. The van der Waals surface area contributed by atoms with Crippen LogP contribution in [0.5, 0.6) is 0 Å². The molecule has 2 heterocycles. The first-order valence-corrected chi connectivity index (χ1v) is 5.52. The summed E-state index contributed by atoms with van der Waals surface area (Å²) in [4.78, 5) is 2.11. The zero-order chi connectivity index (χ0) is 12.5. The molecule has 0 radical (unpaired) electrons. The van der Waals surface area contributed by atoms with E-state index in [4.69, 9.17) is 0 Å². The summed E-state index contributed by atoms with van der Waals surface area (Å²) < 4.78 is 37.0. The second-order valence-corrected chi connectivity index (χ2v) is 4.37. The Bertz CT molecular complexity index is 374. The van der Waals surface area contributed by atoms with E-state index >= 15 is 0 Å². The van der Waals surface area contributed by atoms with Crippen molar-refractivity contribution >= 4 is 0 Å². The van der Waals surface area contributed by atoms with Crippen LogP contribution in [0.4, 0.5) is 13.2 Å². The molecule has 0 unspecified atom stereocenters. The van der Waals surface area contributed by atoms with Crippen LogP contribution in [-0.4, -0.2) is 40.8 Å². The Morgan fingerprint density at radius 2 is 2.29 bits per heavy atom. The number of alkyl halides is 3. The molecule has 1 aromatic heterocycles. The highest BCUT2D eigenvalue weighted by molar-refractivity contribution is 5.11. The van der Waals surface area contributed by atoms with Crippen LogP contribution in [0.15, 0.2) is 6.07 Å². The minimum absolute atomic E-state index is 0.369. The fourth-order valence-corrected chi connectivity index (χ4v) is 1.98. The van der Waals surface area contributed by atoms with Gasteiger partial charge in [-0.2, -0.15) is 18.3 Å². The molecule has 96 valence electrons. The van der Waals surface area contributed by atoms with E-state index in [2.05, 4.69) is 27.3 Å². The van der Waals surface area contributed by atoms with Crippen LogP contribution in [0.3, 0.4) is 0 Å². The molecular weight excluding hydrogens is 233 g/mol. The van der Waals surface area contributed by atoms with E-state index in [1.807, 2.05) is 0 Å². The van der Waals surface area contributed by atoms with Gasteiger partial charge in [-0.1, -0.05) is 0 Å². The Hall–Kier alpha value is -1.08. The van der Waals surface area contributed by atoms with Gasteiger partial charge in [0, 0.05) is 37.9 Å². The Labute approximate surface area is 97.2 Å². The molecule has 0 spiro atoms. The van der Waals surface area contributed by atoms with Gasteiger partial charge < -0.3 is 5.32 Å². The number of hydrogen-bond acceptors (Lipinski definition) is 3. The molecule has 0 aromatic carbocycles. The molecule has 2 rings (SSSR count). The van der Waals surface area contributed by atoms with E-state index in [0.29, 0.717) is 18.3 Å². The van der Waals surface area contributed by atoms with Gasteiger partial charge in [0.1, 0.15) is 0 Å². The number of rotatable bonds is 2. The number of nitrogens with one attached hydrogen (secondary N) is 2. The Balaban J connectivity index is 1.97. The molecule has 1 aromatic rings. The van der Waals surface area contributed by atoms with Crippen LogP contribution < -0.4 is 5.32 Å². The lowest BCUT2D eigenvalue weighted by Gasteiger charge is -2.31. The number of aromatic nitrogens is 2. The quantitative estimate of drug-likeness (QED) is 0.827. The van der Waals surface area contributed by atoms with Gasteiger partial charge in [-0.05, 0) is 13.0 Å². The predicted octanol–water partition coefficient (Wildman–Crippen LogP) is 1.22. The molecule has 0 bridgehead atoms. The summed E-state index contributed by atoms with van der Waals surface area (Å²) in [6, 6.07) is 1.45. The topological polar surface area (TPSA) is 44.0 Å². The average molecular weight is 248 g/mol. The molecule has 0 saturated carbocycles. The van der Waals surface area contributed by atoms with Crippen LogP contribution >= 0.6 is 0 Å². The summed E-state index contributed by atoms with van der Waals surface area (Å²) in [5.41, 5.74) is -0.345. The number of aromatic amines is 1. The molecular formula is C10H15F3N4. The van der Waals surface area contributed by atoms with Crippen LogP contribution in [0.25, 0.3) is 0 Å². The van der Waals surface area contributed by atoms with Crippen molar-refractivity contribution in [2.24, 2.45) is 0 Å². The molecule has 7 heteroatoms. The van der Waals surface area contributed by atoms with Crippen LogP contribution in [0, 0.1) is 0 Å². The third-order valence-corrected chi connectivity index (χ3v) is 2.77. The van der Waals surface area contributed by atoms with Crippen molar-refractivity contribution < 1.29 is 13.2 Å². The zero-order valence-electron chi connectivity index (χ0n) is 9.51. The van der Waals surface area contributed by atoms with Crippen molar-refractivity contribution in [2.45, 2.75) is 25.7 Å². The van der Waals surface area contributed by atoms with Gasteiger partial charge in [0.25, 0.3) is 0 Å². The molecule has 17 heavy (non-hydrogen) atoms. The summed E-state index contributed by atoms with van der Waals surface area (Å²) in [7, 11) is 0. The monoisotopic (exact) mass is 248 g/mol. The highest BCUT2D eigenvalue weighted by Gasteiger charge is 2.34. The maximum absolute atomic E-state index is 12.3. The first-order valence-electron chi connectivity index (χ1n) is 5.52. The molecule has 0 aliphatic carbocycles. The molecule has 1 aliphatic heterocycles. The Morgan fingerprint density at radius 1 is 1.53 bits per heavy atom. The summed E-state index contributed by atoms with van der Waals surface area (Å²) in [5, 5.41) is 9.00. The highest BCUT2D eigenvalue weighted by atomic mass is 19.4. The summed E-state index contributed by atoms with van der Waals surface area (Å²) in [5.74, 6) is 0. The fourth-order valence-electron chi connectivity index (χ4n) is 1.98. The first-order chi connectivity index (χ1) is 7.95. The predicted molar refractivity (Wildman–Crippen MR) is 56.3 cm³/mol. The fraction of sp³-hybridized carbons (Fsp3) is 0.700. The van der Waals surface area contributed by atoms with Gasteiger partial charge in [-0.3, -0.25) is 10.00 Å². The van der Waals surface area contributed by atoms with Crippen molar-refractivity contribution in [1.29, 1.82) is 0 Å². The van der Waals surface area contributed by atoms with Gasteiger partial charge in [0.15, 0.2) is 5.69 Å². The second kappa shape index (κ2) is 4.66.